The van der Waals surface area contributed by atoms with Crippen LogP contribution in [0.2, 0.25) is 0 Å². The number of carbonyl (C=O) groups excluding carboxylic acids is 1. The number of halogens is 1. The van der Waals surface area contributed by atoms with E-state index in [1.807, 2.05) is 12.3 Å². The number of nitrogens with zero attached hydrogens (tertiary/aromatic N) is 2. The maximum Gasteiger partial charge on any atom is 0.224 e. The van der Waals surface area contributed by atoms with Crippen molar-refractivity contribution in [3.8, 4) is 0 Å². The Morgan fingerprint density at radius 1 is 1.60 bits per heavy atom. The first-order chi connectivity index (χ1) is 9.53. The summed E-state index contributed by atoms with van der Waals surface area (Å²) in [4.78, 5) is 18.2. The van der Waals surface area contributed by atoms with E-state index < -0.39 is 0 Å². The molecule has 1 aromatic heterocycles. The van der Waals surface area contributed by atoms with Crippen molar-refractivity contribution in [2.24, 2.45) is 11.1 Å². The third kappa shape index (κ3) is 3.93. The largest absolute Gasteiger partial charge is 0.369 e. The van der Waals surface area contributed by atoms with Crippen LogP contribution in [0.25, 0.3) is 0 Å². The van der Waals surface area contributed by atoms with Crippen molar-refractivity contribution in [3.63, 3.8) is 0 Å². The quantitative estimate of drug-likeness (QED) is 0.621. The highest BCUT2D eigenvalue weighted by atomic mass is 35.5. The molecule has 2 rings (SSSR count). The second-order valence-corrected chi connectivity index (χ2v) is 6.98. The number of aryl methyl sites for hydroxylation is 1. The fourth-order valence-electron chi connectivity index (χ4n) is 2.59. The highest BCUT2D eigenvalue weighted by molar-refractivity contribution is 7.09. The van der Waals surface area contributed by atoms with Crippen LogP contribution in [0.15, 0.2) is 5.38 Å². The van der Waals surface area contributed by atoms with E-state index in [1.54, 1.807) is 11.3 Å². The topological polar surface area (TPSA) is 59.2 Å². The highest BCUT2D eigenvalue weighted by Crippen LogP contribution is 2.29. The van der Waals surface area contributed by atoms with E-state index in [1.165, 1.54) is 5.01 Å². The molecule has 0 radical (unpaired) electrons. The summed E-state index contributed by atoms with van der Waals surface area (Å²) in [5.74, 6) is 0.326. The van der Waals surface area contributed by atoms with E-state index in [9.17, 15) is 4.79 Å². The van der Waals surface area contributed by atoms with Gasteiger partial charge in [0.05, 0.1) is 22.0 Å². The molecule has 1 aliphatic heterocycles. The van der Waals surface area contributed by atoms with Gasteiger partial charge in [0.1, 0.15) is 0 Å². The van der Waals surface area contributed by atoms with Crippen molar-refractivity contribution >= 4 is 28.8 Å². The molecule has 20 heavy (non-hydrogen) atoms. The molecular formula is C14H22ClN3OS. The van der Waals surface area contributed by atoms with Crippen molar-refractivity contribution in [2.45, 2.75) is 38.5 Å². The van der Waals surface area contributed by atoms with Gasteiger partial charge < -0.3 is 10.6 Å². The van der Waals surface area contributed by atoms with Crippen LogP contribution in [0.5, 0.6) is 0 Å². The lowest BCUT2D eigenvalue weighted by Crippen LogP contribution is -2.37. The van der Waals surface area contributed by atoms with E-state index in [2.05, 4.69) is 9.88 Å². The molecule has 1 aliphatic rings. The lowest BCUT2D eigenvalue weighted by molar-refractivity contribution is -0.126. The summed E-state index contributed by atoms with van der Waals surface area (Å²) in [5.41, 5.74) is 6.10. The molecule has 0 aliphatic carbocycles. The first kappa shape index (κ1) is 15.7. The zero-order chi connectivity index (χ0) is 14.6. The van der Waals surface area contributed by atoms with Crippen molar-refractivity contribution in [1.29, 1.82) is 0 Å². The molecule has 1 unspecified atom stereocenters. The zero-order valence-corrected chi connectivity index (χ0v) is 13.5. The number of carbonyl (C=O) groups is 1. The molecule has 6 heteroatoms. The van der Waals surface area contributed by atoms with Gasteiger partial charge in [-0.15, -0.1) is 22.9 Å². The summed E-state index contributed by atoms with van der Waals surface area (Å²) in [5, 5.41) is 3.20. The number of hydrogen-bond acceptors (Lipinski definition) is 4. The molecule has 0 bridgehead atoms. The van der Waals surface area contributed by atoms with Crippen LogP contribution >= 0.6 is 22.9 Å². The van der Waals surface area contributed by atoms with Crippen LogP contribution in [-0.4, -0.2) is 35.4 Å². The predicted octanol–water partition coefficient (Wildman–Crippen LogP) is 2.40. The molecule has 1 fully saturated rings. The summed E-state index contributed by atoms with van der Waals surface area (Å²) < 4.78 is 0. The number of alkyl halides is 1. The summed E-state index contributed by atoms with van der Waals surface area (Å²) in [6.45, 7) is 4.79. The third-order valence-electron chi connectivity index (χ3n) is 4.00. The van der Waals surface area contributed by atoms with Gasteiger partial charge in [0, 0.05) is 11.9 Å². The summed E-state index contributed by atoms with van der Waals surface area (Å²) >= 11 is 7.43. The molecule has 1 aromatic rings. The van der Waals surface area contributed by atoms with Crippen LogP contribution in [0.1, 0.15) is 36.9 Å². The minimum atomic E-state index is -0.329. The van der Waals surface area contributed by atoms with Crippen molar-refractivity contribution in [2.75, 3.05) is 19.6 Å². The molecule has 2 N–H and O–H groups in total. The Balaban J connectivity index is 1.66. The Morgan fingerprint density at radius 2 is 2.40 bits per heavy atom. The van der Waals surface area contributed by atoms with E-state index in [-0.39, 0.29) is 11.3 Å². The predicted molar refractivity (Wildman–Crippen MR) is 83.0 cm³/mol. The van der Waals surface area contributed by atoms with E-state index in [4.69, 9.17) is 17.3 Å². The molecule has 0 saturated carbocycles. The Hall–Kier alpha value is -0.650. The van der Waals surface area contributed by atoms with Gasteiger partial charge in [-0.2, -0.15) is 0 Å². The zero-order valence-electron chi connectivity index (χ0n) is 11.9. The second-order valence-electron chi connectivity index (χ2n) is 5.77. The maximum atomic E-state index is 11.4. The maximum absolute atomic E-state index is 11.4. The number of unbranched alkanes of at least 4 members (excludes halogenated alkanes) is 1. The van der Waals surface area contributed by atoms with Gasteiger partial charge in [0.25, 0.3) is 0 Å². The lowest BCUT2D eigenvalue weighted by Gasteiger charge is -2.20. The standard InChI is InChI=1S/C14H22ClN3OS/c1-14(13(16)19)5-7-18(10-14)6-3-2-4-12-17-11(8-15)9-20-12/h9H,2-8,10H2,1H3,(H2,16,19). The van der Waals surface area contributed by atoms with Gasteiger partial charge in [-0.25, -0.2) is 4.98 Å². The average molecular weight is 316 g/mol. The Labute approximate surface area is 129 Å². The van der Waals surface area contributed by atoms with Crippen LogP contribution in [0.4, 0.5) is 0 Å². The summed E-state index contributed by atoms with van der Waals surface area (Å²) in [6.07, 6.45) is 4.15. The second kappa shape index (κ2) is 6.87. The van der Waals surface area contributed by atoms with Gasteiger partial charge in [-0.1, -0.05) is 0 Å². The monoisotopic (exact) mass is 315 g/mol. The molecule has 0 aromatic carbocycles. The first-order valence-corrected chi connectivity index (χ1v) is 8.46. The molecule has 2 heterocycles. The number of aromatic nitrogens is 1. The molecule has 4 nitrogen and oxygen atoms in total. The summed E-state index contributed by atoms with van der Waals surface area (Å²) in [6, 6.07) is 0. The number of hydrogen-bond donors (Lipinski definition) is 1. The molecule has 0 spiro atoms. The fraction of sp³-hybridized carbons (Fsp3) is 0.714. The Bertz CT molecular complexity index is 465. The van der Waals surface area contributed by atoms with Crippen molar-refractivity contribution in [1.82, 2.24) is 9.88 Å². The number of rotatable bonds is 7. The van der Waals surface area contributed by atoms with E-state index >= 15 is 0 Å². The van der Waals surface area contributed by atoms with Crippen molar-refractivity contribution < 1.29 is 4.79 Å². The normalized spacial score (nSPS) is 23.3. The van der Waals surface area contributed by atoms with Crippen LogP contribution < -0.4 is 5.73 Å². The number of amides is 1. The van der Waals surface area contributed by atoms with Gasteiger partial charge in [-0.05, 0) is 45.7 Å². The van der Waals surface area contributed by atoms with Crippen LogP contribution in [0, 0.1) is 5.41 Å². The number of thiazole rings is 1. The molecule has 1 atom stereocenters. The van der Waals surface area contributed by atoms with Crippen LogP contribution in [-0.2, 0) is 17.1 Å². The molecular weight excluding hydrogens is 294 g/mol. The molecule has 1 amide bonds. The minimum absolute atomic E-state index is 0.170. The highest BCUT2D eigenvalue weighted by Gasteiger charge is 2.38. The van der Waals surface area contributed by atoms with E-state index in [0.717, 1.165) is 51.0 Å². The number of likely N-dealkylation sites (tertiary alicyclic amines) is 1. The average Bonchev–Trinajstić information content (AvgIpc) is 3.02. The van der Waals surface area contributed by atoms with Gasteiger partial charge in [0.2, 0.25) is 5.91 Å². The molecule has 112 valence electrons. The van der Waals surface area contributed by atoms with Gasteiger partial charge in [-0.3, -0.25) is 4.79 Å². The fourth-order valence-corrected chi connectivity index (χ4v) is 3.65. The third-order valence-corrected chi connectivity index (χ3v) is 5.23. The van der Waals surface area contributed by atoms with Gasteiger partial charge in [0.15, 0.2) is 0 Å². The Kier molecular flexibility index (Phi) is 5.41. The Morgan fingerprint density at radius 3 is 3.00 bits per heavy atom. The molecule has 1 saturated heterocycles. The number of nitrogens with two attached hydrogens (primary N) is 1. The summed E-state index contributed by atoms with van der Waals surface area (Å²) in [7, 11) is 0. The number of primary amides is 1. The van der Waals surface area contributed by atoms with Gasteiger partial charge >= 0.3 is 0 Å². The first-order valence-electron chi connectivity index (χ1n) is 7.05. The minimum Gasteiger partial charge on any atom is -0.369 e. The van der Waals surface area contributed by atoms with Crippen LogP contribution in [0.3, 0.4) is 0 Å². The lowest BCUT2D eigenvalue weighted by atomic mass is 9.89. The smallest absolute Gasteiger partial charge is 0.224 e. The van der Waals surface area contributed by atoms with Crippen molar-refractivity contribution in [3.05, 3.63) is 16.1 Å². The van der Waals surface area contributed by atoms with E-state index in [0.29, 0.717) is 5.88 Å². The SMILES string of the molecule is CC1(C(N)=O)CCN(CCCCc2nc(CCl)cs2)C1.